The van der Waals surface area contributed by atoms with Crippen molar-refractivity contribution in [3.05, 3.63) is 77.0 Å². The first-order valence-corrected chi connectivity index (χ1v) is 6.16. The van der Waals surface area contributed by atoms with Crippen molar-refractivity contribution in [1.82, 2.24) is 0 Å². The number of hydrogen-bond donors (Lipinski definition) is 0. The molecule has 1 aliphatic heterocycles. The van der Waals surface area contributed by atoms with Crippen LogP contribution in [0.4, 0.5) is 8.78 Å². The lowest BCUT2D eigenvalue weighted by molar-refractivity contribution is -0.129. The Morgan fingerprint density at radius 3 is 2.43 bits per heavy atom. The predicted molar refractivity (Wildman–Crippen MR) is 73.4 cm³/mol. The van der Waals surface area contributed by atoms with E-state index in [9.17, 15) is 13.6 Å². The lowest BCUT2D eigenvalue weighted by atomic mass is 10.2. The van der Waals surface area contributed by atoms with Crippen LogP contribution in [0.25, 0.3) is 6.08 Å². The highest BCUT2D eigenvalue weighted by Crippen LogP contribution is 2.19. The largest absolute Gasteiger partial charge is 0.402 e. The molecule has 0 saturated carbocycles. The highest BCUT2D eigenvalue weighted by Gasteiger charge is 2.24. The van der Waals surface area contributed by atoms with Gasteiger partial charge in [0.25, 0.3) is 0 Å². The van der Waals surface area contributed by atoms with Gasteiger partial charge in [-0.25, -0.2) is 18.6 Å². The average molecular weight is 285 g/mol. The average Bonchev–Trinajstić information content (AvgIpc) is 2.80. The first-order chi connectivity index (χ1) is 10.1. The van der Waals surface area contributed by atoms with Crippen LogP contribution in [0.3, 0.4) is 0 Å². The fourth-order valence-corrected chi connectivity index (χ4v) is 1.91. The molecule has 1 aliphatic rings. The highest BCUT2D eigenvalue weighted by atomic mass is 19.1. The van der Waals surface area contributed by atoms with E-state index in [-0.39, 0.29) is 11.6 Å². The third-order valence-corrected chi connectivity index (χ3v) is 2.84. The Morgan fingerprint density at radius 1 is 1.00 bits per heavy atom. The number of rotatable bonds is 2. The molecule has 0 unspecified atom stereocenters. The zero-order chi connectivity index (χ0) is 14.8. The molecule has 3 rings (SSSR count). The lowest BCUT2D eigenvalue weighted by Gasteiger charge is -1.98. The van der Waals surface area contributed by atoms with Crippen LogP contribution >= 0.6 is 0 Å². The van der Waals surface area contributed by atoms with Gasteiger partial charge in [0.05, 0.1) is 0 Å². The summed E-state index contributed by atoms with van der Waals surface area (Å²) in [6.45, 7) is 0. The third kappa shape index (κ3) is 2.86. The van der Waals surface area contributed by atoms with Crippen molar-refractivity contribution in [3.63, 3.8) is 0 Å². The Kier molecular flexibility index (Phi) is 3.31. The van der Waals surface area contributed by atoms with E-state index in [1.54, 1.807) is 12.1 Å². The molecule has 21 heavy (non-hydrogen) atoms. The maximum Gasteiger partial charge on any atom is 0.363 e. The molecule has 0 amide bonds. The number of hydrogen-bond acceptors (Lipinski definition) is 3. The van der Waals surface area contributed by atoms with Crippen molar-refractivity contribution in [2.75, 3.05) is 0 Å². The second-order valence-electron chi connectivity index (χ2n) is 4.40. The van der Waals surface area contributed by atoms with Crippen LogP contribution in [-0.2, 0) is 9.53 Å². The second-order valence-corrected chi connectivity index (χ2v) is 4.40. The molecule has 1 heterocycles. The van der Waals surface area contributed by atoms with Gasteiger partial charge in [-0.15, -0.1) is 0 Å². The van der Waals surface area contributed by atoms with Crippen LogP contribution in [-0.4, -0.2) is 11.9 Å². The van der Waals surface area contributed by atoms with Crippen molar-refractivity contribution in [2.45, 2.75) is 0 Å². The van der Waals surface area contributed by atoms with E-state index in [2.05, 4.69) is 4.99 Å². The van der Waals surface area contributed by atoms with Crippen LogP contribution in [0.2, 0.25) is 0 Å². The minimum Gasteiger partial charge on any atom is -0.402 e. The molecular weight excluding hydrogens is 276 g/mol. The zero-order valence-electron chi connectivity index (χ0n) is 10.7. The first kappa shape index (κ1) is 13.2. The van der Waals surface area contributed by atoms with Gasteiger partial charge in [-0.3, -0.25) is 0 Å². The van der Waals surface area contributed by atoms with Gasteiger partial charge in [0.15, 0.2) is 5.70 Å². The fraction of sp³-hybridized carbons (Fsp3) is 0. The summed E-state index contributed by atoms with van der Waals surface area (Å²) in [7, 11) is 0. The van der Waals surface area contributed by atoms with Crippen LogP contribution < -0.4 is 0 Å². The second kappa shape index (κ2) is 5.28. The van der Waals surface area contributed by atoms with Crippen molar-refractivity contribution >= 4 is 17.9 Å². The smallest absolute Gasteiger partial charge is 0.363 e. The SMILES string of the molecule is O=C1OC(c2cccc(F)c2)=N/C1=C\c1cccc(F)c1. The van der Waals surface area contributed by atoms with E-state index in [4.69, 9.17) is 4.74 Å². The monoisotopic (exact) mass is 285 g/mol. The minimum atomic E-state index is -0.654. The number of ether oxygens (including phenoxy) is 1. The number of nitrogens with zero attached hydrogens (tertiary/aromatic N) is 1. The van der Waals surface area contributed by atoms with Gasteiger partial charge < -0.3 is 4.74 Å². The molecule has 5 heteroatoms. The van der Waals surface area contributed by atoms with Gasteiger partial charge in [0.1, 0.15) is 11.6 Å². The summed E-state index contributed by atoms with van der Waals surface area (Å²) >= 11 is 0. The Bertz CT molecular complexity index is 781. The Morgan fingerprint density at radius 2 is 1.71 bits per heavy atom. The normalized spacial score (nSPS) is 16.0. The summed E-state index contributed by atoms with van der Waals surface area (Å²) in [6, 6.07) is 11.3. The molecule has 0 spiro atoms. The van der Waals surface area contributed by atoms with E-state index in [1.807, 2.05) is 0 Å². The van der Waals surface area contributed by atoms with Crippen molar-refractivity contribution in [1.29, 1.82) is 0 Å². The van der Waals surface area contributed by atoms with Gasteiger partial charge in [0, 0.05) is 5.56 Å². The number of esters is 1. The minimum absolute atomic E-state index is 0.0298. The van der Waals surface area contributed by atoms with E-state index in [0.29, 0.717) is 11.1 Å². The fourth-order valence-electron chi connectivity index (χ4n) is 1.91. The molecule has 0 fully saturated rings. The highest BCUT2D eigenvalue weighted by molar-refractivity contribution is 6.12. The molecule has 0 bridgehead atoms. The number of aliphatic imine (C=N–C) groups is 1. The number of cyclic esters (lactones) is 1. The maximum atomic E-state index is 13.2. The maximum absolute atomic E-state index is 13.2. The van der Waals surface area contributed by atoms with Gasteiger partial charge >= 0.3 is 5.97 Å². The molecule has 0 radical (unpaired) electrons. The lowest BCUT2D eigenvalue weighted by Crippen LogP contribution is -2.05. The summed E-state index contributed by atoms with van der Waals surface area (Å²) in [6.07, 6.45) is 1.41. The first-order valence-electron chi connectivity index (χ1n) is 6.16. The van der Waals surface area contributed by atoms with Gasteiger partial charge in [-0.1, -0.05) is 18.2 Å². The van der Waals surface area contributed by atoms with Crippen molar-refractivity contribution in [2.24, 2.45) is 4.99 Å². The Labute approximate surface area is 119 Å². The molecule has 0 aliphatic carbocycles. The van der Waals surface area contributed by atoms with Gasteiger partial charge in [-0.05, 0) is 42.0 Å². The third-order valence-electron chi connectivity index (χ3n) is 2.84. The summed E-state index contributed by atoms with van der Waals surface area (Å²) in [4.78, 5) is 15.8. The molecule has 0 aromatic heterocycles. The molecule has 2 aromatic rings. The van der Waals surface area contributed by atoms with Crippen LogP contribution in [0.15, 0.2) is 59.2 Å². The molecule has 104 valence electrons. The summed E-state index contributed by atoms with van der Waals surface area (Å²) < 4.78 is 31.3. The quantitative estimate of drug-likeness (QED) is 0.627. The summed E-state index contributed by atoms with van der Waals surface area (Å²) in [5.41, 5.74) is 0.900. The number of carbonyl (C=O) groups excluding carboxylic acids is 1. The summed E-state index contributed by atoms with van der Waals surface area (Å²) in [5.74, 6) is -1.49. The van der Waals surface area contributed by atoms with Crippen molar-refractivity contribution in [3.8, 4) is 0 Å². The Hall–Kier alpha value is -2.82. The van der Waals surface area contributed by atoms with E-state index < -0.39 is 17.6 Å². The number of halogens is 2. The molecule has 0 N–H and O–H groups in total. The Balaban J connectivity index is 1.95. The molecule has 0 atom stereocenters. The summed E-state index contributed by atoms with van der Waals surface area (Å²) in [5, 5.41) is 0. The number of benzene rings is 2. The van der Waals surface area contributed by atoms with E-state index in [0.717, 1.165) is 0 Å². The van der Waals surface area contributed by atoms with E-state index >= 15 is 0 Å². The van der Waals surface area contributed by atoms with E-state index in [1.165, 1.54) is 42.5 Å². The van der Waals surface area contributed by atoms with Crippen LogP contribution in [0.1, 0.15) is 11.1 Å². The van der Waals surface area contributed by atoms with Crippen molar-refractivity contribution < 1.29 is 18.3 Å². The van der Waals surface area contributed by atoms with Gasteiger partial charge in [0.2, 0.25) is 5.90 Å². The molecule has 2 aromatic carbocycles. The predicted octanol–water partition coefficient (Wildman–Crippen LogP) is 3.31. The standard InChI is InChI=1S/C16H9F2NO2/c17-12-5-1-3-10(7-12)8-14-16(20)21-15(19-14)11-4-2-6-13(18)9-11/h1-9H/b14-8-. The van der Waals surface area contributed by atoms with Gasteiger partial charge in [-0.2, -0.15) is 0 Å². The van der Waals surface area contributed by atoms with Crippen LogP contribution in [0, 0.1) is 11.6 Å². The van der Waals surface area contributed by atoms with Crippen LogP contribution in [0.5, 0.6) is 0 Å². The molecule has 3 nitrogen and oxygen atoms in total. The molecule has 0 saturated heterocycles. The molecular formula is C16H9F2NO2. The topological polar surface area (TPSA) is 38.7 Å². The number of carbonyl (C=O) groups is 1. The zero-order valence-corrected chi connectivity index (χ0v) is 10.7.